The van der Waals surface area contributed by atoms with Gasteiger partial charge in [0.05, 0.1) is 11.2 Å². The Balaban J connectivity index is 2.21. The van der Waals surface area contributed by atoms with Crippen molar-refractivity contribution in [2.45, 2.75) is 19.6 Å². The van der Waals surface area contributed by atoms with Crippen molar-refractivity contribution in [3.05, 3.63) is 59.7 Å². The second-order valence-corrected chi connectivity index (χ2v) is 4.37. The average molecular weight is 260 g/mol. The number of nitrogens with two attached hydrogens (primary N) is 1. The molecule has 1 atom stereocenters. The van der Waals surface area contributed by atoms with E-state index in [1.807, 2.05) is 37.3 Å². The fraction of sp³-hybridized carbons (Fsp3) is 0.250. The highest BCUT2D eigenvalue weighted by molar-refractivity contribution is 5.43. The first-order chi connectivity index (χ1) is 10.3. The van der Waals surface area contributed by atoms with Crippen LogP contribution in [0, 0.1) is 0 Å². The number of hydrogen-bond acceptors (Lipinski definition) is 3. The first-order valence-electron chi connectivity index (χ1n) is 7.60. The van der Waals surface area contributed by atoms with E-state index in [0.717, 1.165) is 11.1 Å². The lowest BCUT2D eigenvalue weighted by molar-refractivity contribution is 0.284. The molecule has 2 aromatic carbocycles. The molecule has 0 aliphatic heterocycles. The van der Waals surface area contributed by atoms with Crippen LogP contribution in [0.5, 0.6) is 11.5 Å². The van der Waals surface area contributed by atoms with E-state index in [-0.39, 0.29) is 11.8 Å². The van der Waals surface area contributed by atoms with Crippen molar-refractivity contribution < 1.29 is 13.6 Å². The zero-order valence-corrected chi connectivity index (χ0v) is 10.8. The van der Waals surface area contributed by atoms with Gasteiger partial charge < -0.3 is 15.2 Å². The third-order valence-corrected chi connectivity index (χ3v) is 2.84. The Morgan fingerprint density at radius 2 is 1.95 bits per heavy atom. The second kappa shape index (κ2) is 6.25. The third-order valence-electron chi connectivity index (χ3n) is 2.84. The van der Waals surface area contributed by atoms with Gasteiger partial charge >= 0.3 is 0 Å². The highest BCUT2D eigenvalue weighted by Gasteiger charge is 2.08. The van der Waals surface area contributed by atoms with Crippen LogP contribution in [0.1, 0.15) is 28.2 Å². The molecule has 0 radical (unpaired) electrons. The van der Waals surface area contributed by atoms with E-state index in [1.165, 1.54) is 0 Å². The molecule has 1 unspecified atom stereocenters. The number of benzene rings is 2. The highest BCUT2D eigenvalue weighted by atomic mass is 16.5. The molecule has 0 aromatic heterocycles. The summed E-state index contributed by atoms with van der Waals surface area (Å²) < 4.78 is 32.5. The van der Waals surface area contributed by atoms with Gasteiger partial charge in [-0.2, -0.15) is 0 Å². The summed E-state index contributed by atoms with van der Waals surface area (Å²) in [4.78, 5) is 0. The zero-order chi connectivity index (χ0) is 16.2. The summed E-state index contributed by atoms with van der Waals surface area (Å²) in [7, 11) is -2.54. The van der Waals surface area contributed by atoms with E-state index in [2.05, 4.69) is 0 Å². The molecular weight excluding hydrogens is 238 g/mol. The summed E-state index contributed by atoms with van der Waals surface area (Å²) in [6, 6.07) is 14.5. The predicted octanol–water partition coefficient (Wildman–Crippen LogP) is 3.29. The molecule has 2 N–H and O–H groups in total. The van der Waals surface area contributed by atoms with Gasteiger partial charge in [-0.15, -0.1) is 0 Å². The van der Waals surface area contributed by atoms with Gasteiger partial charge in [0.2, 0.25) is 0 Å². The van der Waals surface area contributed by atoms with Crippen molar-refractivity contribution >= 4 is 0 Å². The smallest absolute Gasteiger partial charge is 0.161 e. The maximum absolute atomic E-state index is 7.26. The SMILES string of the molecule is [2H]C([2H])([2H])Oc1cc(C(C)N)ccc1OCc1ccccc1. The molecule has 0 bridgehead atoms. The summed E-state index contributed by atoms with van der Waals surface area (Å²) >= 11 is 0. The van der Waals surface area contributed by atoms with Crippen LogP contribution in [-0.2, 0) is 6.61 Å². The van der Waals surface area contributed by atoms with Crippen LogP contribution in [0.2, 0.25) is 0 Å². The normalized spacial score (nSPS) is 14.9. The molecule has 0 saturated carbocycles. The summed E-state index contributed by atoms with van der Waals surface area (Å²) in [6.07, 6.45) is 0. The molecule has 2 rings (SSSR count). The van der Waals surface area contributed by atoms with Gasteiger partial charge in [-0.1, -0.05) is 36.4 Å². The molecule has 0 fully saturated rings. The van der Waals surface area contributed by atoms with Crippen molar-refractivity contribution in [3.8, 4) is 11.5 Å². The summed E-state index contributed by atoms with van der Waals surface area (Å²) in [5, 5.41) is 0. The number of hydrogen-bond donors (Lipinski definition) is 1. The van der Waals surface area contributed by atoms with Gasteiger partial charge in [-0.05, 0) is 30.2 Å². The molecule has 0 saturated heterocycles. The molecule has 19 heavy (non-hydrogen) atoms. The molecule has 3 nitrogen and oxygen atoms in total. The fourth-order valence-electron chi connectivity index (χ4n) is 1.74. The van der Waals surface area contributed by atoms with Gasteiger partial charge in [-0.25, -0.2) is 0 Å². The van der Waals surface area contributed by atoms with Crippen molar-refractivity contribution in [3.63, 3.8) is 0 Å². The first kappa shape index (κ1) is 9.87. The fourth-order valence-corrected chi connectivity index (χ4v) is 1.74. The van der Waals surface area contributed by atoms with Crippen LogP contribution in [0.15, 0.2) is 48.5 Å². The lowest BCUT2D eigenvalue weighted by atomic mass is 10.1. The monoisotopic (exact) mass is 260 g/mol. The first-order valence-corrected chi connectivity index (χ1v) is 6.10. The molecule has 2 aromatic rings. The Kier molecular flexibility index (Phi) is 3.25. The van der Waals surface area contributed by atoms with Crippen molar-refractivity contribution in [2.75, 3.05) is 7.04 Å². The van der Waals surface area contributed by atoms with Crippen LogP contribution in [0.4, 0.5) is 0 Å². The minimum atomic E-state index is -2.54. The number of ether oxygens (including phenoxy) is 2. The molecule has 0 amide bonds. The van der Waals surface area contributed by atoms with E-state index in [9.17, 15) is 0 Å². The van der Waals surface area contributed by atoms with E-state index in [0.29, 0.717) is 12.4 Å². The maximum Gasteiger partial charge on any atom is 0.161 e. The highest BCUT2D eigenvalue weighted by Crippen LogP contribution is 2.30. The Labute approximate surface area is 118 Å². The average Bonchev–Trinajstić information content (AvgIpc) is 2.45. The molecule has 0 spiro atoms. The van der Waals surface area contributed by atoms with E-state index >= 15 is 0 Å². The molecule has 100 valence electrons. The van der Waals surface area contributed by atoms with E-state index in [4.69, 9.17) is 19.3 Å². The van der Waals surface area contributed by atoms with Crippen LogP contribution in [0.25, 0.3) is 0 Å². The standard InChI is InChI=1S/C16H19NO2/c1-12(17)14-8-9-15(16(10-14)18-2)19-11-13-6-4-3-5-7-13/h3-10,12H,11,17H2,1-2H3/i2D3. The summed E-state index contributed by atoms with van der Waals surface area (Å²) in [5.41, 5.74) is 7.59. The Bertz CT molecular complexity index is 613. The number of methoxy groups -OCH3 is 1. The third kappa shape index (κ3) is 3.48. The molecule has 3 heteroatoms. The van der Waals surface area contributed by atoms with Gasteiger partial charge in [0.1, 0.15) is 6.61 Å². The quantitative estimate of drug-likeness (QED) is 0.897. The molecule has 0 aliphatic carbocycles. The molecular formula is C16H19NO2. The Morgan fingerprint density at radius 1 is 1.16 bits per heavy atom. The van der Waals surface area contributed by atoms with Gasteiger partial charge in [0.15, 0.2) is 11.5 Å². The maximum atomic E-state index is 7.26. The zero-order valence-electron chi connectivity index (χ0n) is 13.8. The largest absolute Gasteiger partial charge is 0.493 e. The van der Waals surface area contributed by atoms with E-state index < -0.39 is 7.04 Å². The van der Waals surface area contributed by atoms with Crippen LogP contribution in [-0.4, -0.2) is 7.04 Å². The van der Waals surface area contributed by atoms with Crippen molar-refractivity contribution in [1.29, 1.82) is 0 Å². The van der Waals surface area contributed by atoms with Crippen molar-refractivity contribution in [2.24, 2.45) is 5.73 Å². The lowest BCUT2D eigenvalue weighted by Gasteiger charge is -2.13. The minimum absolute atomic E-state index is 0.172. The predicted molar refractivity (Wildman–Crippen MR) is 76.4 cm³/mol. The summed E-state index contributed by atoms with van der Waals surface area (Å²) in [5.74, 6) is 0.551. The van der Waals surface area contributed by atoms with Gasteiger partial charge in [0, 0.05) is 6.04 Å². The molecule has 0 aliphatic rings. The van der Waals surface area contributed by atoms with Crippen LogP contribution < -0.4 is 15.2 Å². The Hall–Kier alpha value is -2.00. The van der Waals surface area contributed by atoms with Crippen molar-refractivity contribution in [1.82, 2.24) is 0 Å². The van der Waals surface area contributed by atoms with Gasteiger partial charge in [-0.3, -0.25) is 0 Å². The Morgan fingerprint density at radius 3 is 2.63 bits per heavy atom. The molecule has 0 heterocycles. The lowest BCUT2D eigenvalue weighted by Crippen LogP contribution is -2.05. The van der Waals surface area contributed by atoms with E-state index in [1.54, 1.807) is 18.2 Å². The van der Waals surface area contributed by atoms with Crippen LogP contribution in [0.3, 0.4) is 0 Å². The minimum Gasteiger partial charge on any atom is -0.493 e. The second-order valence-electron chi connectivity index (χ2n) is 4.37. The topological polar surface area (TPSA) is 44.5 Å². The number of rotatable bonds is 5. The van der Waals surface area contributed by atoms with Crippen LogP contribution >= 0.6 is 0 Å². The summed E-state index contributed by atoms with van der Waals surface area (Å²) in [6.45, 7) is 2.15. The van der Waals surface area contributed by atoms with Gasteiger partial charge in [0.25, 0.3) is 0 Å².